The Balaban J connectivity index is 1.63. The molecule has 1 unspecified atom stereocenters. The summed E-state index contributed by atoms with van der Waals surface area (Å²) in [6.07, 6.45) is 0.886. The van der Waals surface area contributed by atoms with E-state index in [1.54, 1.807) is 32.2 Å². The molecule has 0 saturated carbocycles. The van der Waals surface area contributed by atoms with Crippen LogP contribution in [0.5, 0.6) is 0 Å². The van der Waals surface area contributed by atoms with E-state index in [4.69, 9.17) is 9.47 Å². The van der Waals surface area contributed by atoms with Crippen molar-refractivity contribution in [3.63, 3.8) is 0 Å². The zero-order chi connectivity index (χ0) is 26.2. The van der Waals surface area contributed by atoms with Gasteiger partial charge >= 0.3 is 12.1 Å². The molecule has 0 aliphatic heterocycles. The Hall–Kier alpha value is -4.39. The van der Waals surface area contributed by atoms with Gasteiger partial charge in [0.05, 0.1) is 18.4 Å². The van der Waals surface area contributed by atoms with E-state index in [0.717, 1.165) is 9.70 Å². The summed E-state index contributed by atoms with van der Waals surface area (Å²) in [6, 6.07) is 7.71. The number of esters is 1. The first-order chi connectivity index (χ1) is 17.2. The van der Waals surface area contributed by atoms with Crippen molar-refractivity contribution in [2.24, 2.45) is 0 Å². The molecule has 1 atom stereocenters. The van der Waals surface area contributed by atoms with Crippen molar-refractivity contribution in [3.8, 4) is 0 Å². The monoisotopic (exact) mass is 499 g/mol. The average Bonchev–Trinajstić information content (AvgIpc) is 3.35. The number of pyridine rings is 1. The summed E-state index contributed by atoms with van der Waals surface area (Å²) < 4.78 is 24.6. The predicted molar refractivity (Wildman–Crippen MR) is 127 cm³/mol. The zero-order valence-electron chi connectivity index (χ0n) is 20.2. The molecule has 0 saturated heterocycles. The van der Waals surface area contributed by atoms with Crippen molar-refractivity contribution in [2.45, 2.75) is 26.7 Å². The first kappa shape index (κ1) is 26.2. The first-order valence-corrected chi connectivity index (χ1v) is 10.9. The van der Waals surface area contributed by atoms with Crippen LogP contribution in [0.1, 0.15) is 34.8 Å². The van der Waals surface area contributed by atoms with Gasteiger partial charge in [-0.15, -0.1) is 9.90 Å². The molecule has 0 aliphatic rings. The third-order valence-corrected chi connectivity index (χ3v) is 4.88. The Morgan fingerprint density at radius 1 is 1.25 bits per heavy atom. The number of anilines is 2. The maximum absolute atomic E-state index is 14.0. The average molecular weight is 500 g/mol. The third kappa shape index (κ3) is 6.60. The summed E-state index contributed by atoms with van der Waals surface area (Å²) in [5.74, 6) is -1.47. The van der Waals surface area contributed by atoms with Gasteiger partial charge in [0.25, 0.3) is 5.91 Å². The summed E-state index contributed by atoms with van der Waals surface area (Å²) in [6.45, 7) is 3.19. The van der Waals surface area contributed by atoms with Crippen molar-refractivity contribution in [1.29, 1.82) is 0 Å². The molecule has 1 aromatic carbocycles. The van der Waals surface area contributed by atoms with Gasteiger partial charge in [-0.1, -0.05) is 12.1 Å². The van der Waals surface area contributed by atoms with E-state index in [1.165, 1.54) is 38.5 Å². The minimum Gasteiger partial charge on any atom is -0.460 e. The zero-order valence-corrected chi connectivity index (χ0v) is 20.2. The smallest absolute Gasteiger partial charge is 0.417 e. The Labute approximate surface area is 206 Å². The molecule has 0 radical (unpaired) electrons. The predicted octanol–water partition coefficient (Wildman–Crippen LogP) is 2.43. The lowest BCUT2D eigenvalue weighted by Gasteiger charge is -2.21. The summed E-state index contributed by atoms with van der Waals surface area (Å²) in [5, 5.41) is 13.1. The normalized spacial score (nSPS) is 11.5. The largest absolute Gasteiger partial charge is 0.460 e. The number of rotatable bonds is 9. The Morgan fingerprint density at radius 2 is 2.03 bits per heavy atom. The third-order valence-electron chi connectivity index (χ3n) is 4.88. The molecule has 0 fully saturated rings. The van der Waals surface area contributed by atoms with Crippen LogP contribution in [-0.2, 0) is 20.9 Å². The molecule has 0 spiro atoms. The second-order valence-electron chi connectivity index (χ2n) is 7.71. The highest BCUT2D eigenvalue weighted by Gasteiger charge is 2.22. The number of halogens is 1. The van der Waals surface area contributed by atoms with Gasteiger partial charge in [0.1, 0.15) is 18.2 Å². The molecule has 0 bridgehead atoms. The molecule has 190 valence electrons. The highest BCUT2D eigenvalue weighted by atomic mass is 19.1. The van der Waals surface area contributed by atoms with Gasteiger partial charge in [0.15, 0.2) is 5.69 Å². The van der Waals surface area contributed by atoms with Gasteiger partial charge in [-0.05, 0) is 44.7 Å². The van der Waals surface area contributed by atoms with E-state index in [2.05, 4.69) is 25.8 Å². The van der Waals surface area contributed by atoms with Crippen molar-refractivity contribution < 1.29 is 28.2 Å². The molecule has 36 heavy (non-hydrogen) atoms. The number of hydrogen-bond donors (Lipinski definition) is 2. The van der Waals surface area contributed by atoms with E-state index >= 15 is 0 Å². The van der Waals surface area contributed by atoms with Crippen molar-refractivity contribution >= 4 is 29.5 Å². The molecule has 2 aromatic heterocycles. The number of hydrogen-bond acceptors (Lipinski definition) is 9. The van der Waals surface area contributed by atoms with Crippen LogP contribution in [0.25, 0.3) is 0 Å². The number of aromatic nitrogens is 4. The van der Waals surface area contributed by atoms with Gasteiger partial charge in [0, 0.05) is 18.8 Å². The van der Waals surface area contributed by atoms with Crippen LogP contribution in [0.2, 0.25) is 0 Å². The number of nitrogens with one attached hydrogen (secondary N) is 2. The number of nitrogens with zero attached hydrogens (tertiary/aromatic N) is 5. The highest BCUT2D eigenvalue weighted by Crippen LogP contribution is 2.20. The van der Waals surface area contributed by atoms with Crippen LogP contribution >= 0.6 is 0 Å². The number of carbonyl (C=O) groups is 3. The van der Waals surface area contributed by atoms with Crippen molar-refractivity contribution in [2.75, 3.05) is 30.9 Å². The Bertz CT molecular complexity index is 1250. The van der Waals surface area contributed by atoms with Gasteiger partial charge in [-0.3, -0.25) is 14.5 Å². The van der Waals surface area contributed by atoms with Gasteiger partial charge < -0.3 is 20.1 Å². The first-order valence-electron chi connectivity index (χ1n) is 10.9. The summed E-state index contributed by atoms with van der Waals surface area (Å²) in [4.78, 5) is 43.2. The van der Waals surface area contributed by atoms with E-state index in [0.29, 0.717) is 11.1 Å². The van der Waals surface area contributed by atoms with Gasteiger partial charge in [0.2, 0.25) is 6.23 Å². The molecule has 2 amide bonds. The minimum absolute atomic E-state index is 0.00375. The molecule has 13 heteroatoms. The number of carbonyl (C=O) groups excluding carboxylic acids is 3. The minimum atomic E-state index is -0.988. The van der Waals surface area contributed by atoms with E-state index in [9.17, 15) is 18.8 Å². The van der Waals surface area contributed by atoms with E-state index < -0.39 is 30.0 Å². The molecule has 0 aliphatic carbocycles. The molecule has 2 N–H and O–H groups in total. The molecule has 3 aromatic rings. The summed E-state index contributed by atoms with van der Waals surface area (Å²) in [5.41, 5.74) is 1.11. The molecular formula is C23H26FN7O5. The number of benzene rings is 1. The fourth-order valence-corrected chi connectivity index (χ4v) is 3.02. The van der Waals surface area contributed by atoms with Gasteiger partial charge in [-0.2, -0.15) is 5.10 Å². The fourth-order valence-electron chi connectivity index (χ4n) is 3.02. The standard InChI is InChI=1S/C23H26FN7O5/c1-14-7-8-18(17(24)10-14)28-22(33)19-11-27-31(29-19)15(2)36-23(34)30(4)21-16(6-5-9-26-21)13-35-20(32)12-25-3/h5-11,15,25H,12-13H2,1-4H3,(H,28,33). The van der Waals surface area contributed by atoms with E-state index in [-0.39, 0.29) is 30.4 Å². The van der Waals surface area contributed by atoms with Crippen molar-refractivity contribution in [1.82, 2.24) is 25.3 Å². The molecular weight excluding hydrogens is 473 g/mol. The van der Waals surface area contributed by atoms with Crippen LogP contribution in [0.4, 0.5) is 20.7 Å². The highest BCUT2D eigenvalue weighted by molar-refractivity contribution is 6.02. The quantitative estimate of drug-likeness (QED) is 0.425. The summed E-state index contributed by atoms with van der Waals surface area (Å²) in [7, 11) is 3.07. The Kier molecular flexibility index (Phi) is 8.62. The SMILES string of the molecule is CNCC(=O)OCc1cccnc1N(C)C(=O)OC(C)n1ncc(C(=O)Nc2ccc(C)cc2F)n1. The van der Waals surface area contributed by atoms with Crippen LogP contribution in [0.3, 0.4) is 0 Å². The topological polar surface area (TPSA) is 141 Å². The van der Waals surface area contributed by atoms with Crippen molar-refractivity contribution in [3.05, 3.63) is 65.4 Å². The van der Waals surface area contributed by atoms with Crippen LogP contribution < -0.4 is 15.5 Å². The van der Waals surface area contributed by atoms with E-state index in [1.807, 2.05) is 0 Å². The second-order valence-corrected chi connectivity index (χ2v) is 7.71. The maximum atomic E-state index is 14.0. The summed E-state index contributed by atoms with van der Waals surface area (Å²) >= 11 is 0. The number of amides is 2. The maximum Gasteiger partial charge on any atom is 0.417 e. The van der Waals surface area contributed by atoms with Crippen LogP contribution in [-0.4, -0.2) is 58.6 Å². The lowest BCUT2D eigenvalue weighted by molar-refractivity contribution is -0.143. The fraction of sp³-hybridized carbons (Fsp3) is 0.304. The lowest BCUT2D eigenvalue weighted by atomic mass is 10.2. The number of likely N-dealkylation sites (N-methyl/N-ethyl adjacent to an activating group) is 1. The lowest BCUT2D eigenvalue weighted by Crippen LogP contribution is -2.31. The molecule has 2 heterocycles. The second kappa shape index (κ2) is 11.8. The van der Waals surface area contributed by atoms with Crippen LogP contribution in [0.15, 0.2) is 42.7 Å². The number of ether oxygens (including phenoxy) is 2. The number of aryl methyl sites for hydroxylation is 1. The molecule has 12 nitrogen and oxygen atoms in total. The van der Waals surface area contributed by atoms with Gasteiger partial charge in [-0.25, -0.2) is 14.2 Å². The molecule has 3 rings (SSSR count). The Morgan fingerprint density at radius 3 is 2.75 bits per heavy atom. The van der Waals surface area contributed by atoms with Crippen LogP contribution in [0, 0.1) is 12.7 Å².